The van der Waals surface area contributed by atoms with Crippen molar-refractivity contribution >= 4 is 0 Å². The maximum Gasteiger partial charge on any atom is 0.416 e. The monoisotopic (exact) mass is 285 g/mol. The molecular formula is C13H14F3N3O. The summed E-state index contributed by atoms with van der Waals surface area (Å²) in [4.78, 5) is 12.1. The van der Waals surface area contributed by atoms with E-state index in [-0.39, 0.29) is 12.1 Å². The Bertz CT molecular complexity index is 653. The molecule has 0 spiro atoms. The van der Waals surface area contributed by atoms with Crippen molar-refractivity contribution in [2.45, 2.75) is 26.1 Å². The Balaban J connectivity index is 2.47. The number of halogens is 3. The molecule has 0 saturated carbocycles. The van der Waals surface area contributed by atoms with Crippen molar-refractivity contribution in [1.82, 2.24) is 9.78 Å². The fraction of sp³-hybridized carbons (Fsp3) is 0.308. The first-order valence-corrected chi connectivity index (χ1v) is 6.09. The molecule has 2 rings (SSSR count). The van der Waals surface area contributed by atoms with Gasteiger partial charge in [0.15, 0.2) is 0 Å². The predicted octanol–water partition coefficient (Wildman–Crippen LogP) is 2.21. The van der Waals surface area contributed by atoms with Gasteiger partial charge in [0.25, 0.3) is 5.56 Å². The predicted molar refractivity (Wildman–Crippen MR) is 68.7 cm³/mol. The summed E-state index contributed by atoms with van der Waals surface area (Å²) in [6.45, 7) is 1.95. The second kappa shape index (κ2) is 5.16. The highest BCUT2D eigenvalue weighted by atomic mass is 19.4. The van der Waals surface area contributed by atoms with E-state index in [0.29, 0.717) is 23.4 Å². The topological polar surface area (TPSA) is 63.8 Å². The number of nitrogens with zero attached hydrogens (tertiary/aromatic N) is 1. The minimum atomic E-state index is -4.39. The van der Waals surface area contributed by atoms with Gasteiger partial charge in [-0.05, 0) is 30.7 Å². The fourth-order valence-corrected chi connectivity index (χ4v) is 2.00. The van der Waals surface area contributed by atoms with E-state index < -0.39 is 11.7 Å². The highest BCUT2D eigenvalue weighted by Gasteiger charge is 2.30. The van der Waals surface area contributed by atoms with E-state index in [4.69, 9.17) is 5.73 Å². The summed E-state index contributed by atoms with van der Waals surface area (Å²) in [6.07, 6.45) is -3.80. The molecule has 3 N–H and O–H groups in total. The van der Waals surface area contributed by atoms with Gasteiger partial charge in [-0.15, -0.1) is 0 Å². The number of benzene rings is 1. The van der Waals surface area contributed by atoms with Crippen LogP contribution in [0.4, 0.5) is 13.2 Å². The average Bonchev–Trinajstić information content (AvgIpc) is 2.74. The van der Waals surface area contributed by atoms with Crippen LogP contribution in [-0.2, 0) is 19.1 Å². The van der Waals surface area contributed by atoms with Crippen molar-refractivity contribution < 1.29 is 13.2 Å². The van der Waals surface area contributed by atoms with Crippen molar-refractivity contribution in [1.29, 1.82) is 0 Å². The van der Waals surface area contributed by atoms with E-state index in [0.717, 1.165) is 12.1 Å². The molecule has 0 unspecified atom stereocenters. The fourth-order valence-electron chi connectivity index (χ4n) is 2.00. The normalized spacial score (nSPS) is 11.8. The lowest BCUT2D eigenvalue weighted by Gasteiger charge is -2.07. The van der Waals surface area contributed by atoms with Crippen LogP contribution < -0.4 is 11.3 Å². The van der Waals surface area contributed by atoms with E-state index in [1.165, 1.54) is 16.8 Å². The van der Waals surface area contributed by atoms with Crippen LogP contribution in [0, 0.1) is 0 Å². The van der Waals surface area contributed by atoms with Crippen LogP contribution >= 0.6 is 0 Å². The zero-order valence-corrected chi connectivity index (χ0v) is 10.8. The first-order chi connectivity index (χ1) is 9.38. The Morgan fingerprint density at radius 2 is 1.85 bits per heavy atom. The van der Waals surface area contributed by atoms with Crippen LogP contribution in [0.25, 0.3) is 5.69 Å². The summed E-state index contributed by atoms with van der Waals surface area (Å²) in [5, 5.41) is 2.87. The smallest absolute Gasteiger partial charge is 0.326 e. The van der Waals surface area contributed by atoms with Crippen molar-refractivity contribution in [2.24, 2.45) is 5.73 Å². The molecular weight excluding hydrogens is 271 g/mol. The third-order valence-electron chi connectivity index (χ3n) is 3.08. The number of hydrogen-bond acceptors (Lipinski definition) is 2. The molecule has 1 heterocycles. The number of alkyl halides is 3. The lowest BCUT2D eigenvalue weighted by atomic mass is 10.2. The third kappa shape index (κ3) is 2.49. The number of H-pyrrole nitrogens is 1. The summed E-state index contributed by atoms with van der Waals surface area (Å²) in [7, 11) is 0. The number of rotatable bonds is 3. The molecule has 108 valence electrons. The largest absolute Gasteiger partial charge is 0.416 e. The van der Waals surface area contributed by atoms with Gasteiger partial charge < -0.3 is 5.73 Å². The summed E-state index contributed by atoms with van der Waals surface area (Å²) in [5.74, 6) is 0. The minimum Gasteiger partial charge on any atom is -0.326 e. The molecule has 1 aromatic heterocycles. The number of nitrogens with one attached hydrogen (secondary N) is 1. The van der Waals surface area contributed by atoms with Gasteiger partial charge in [-0.2, -0.15) is 13.2 Å². The summed E-state index contributed by atoms with van der Waals surface area (Å²) < 4.78 is 38.7. The van der Waals surface area contributed by atoms with E-state index in [1.54, 1.807) is 0 Å². The van der Waals surface area contributed by atoms with Crippen LogP contribution in [-0.4, -0.2) is 9.78 Å². The van der Waals surface area contributed by atoms with Gasteiger partial charge in [0, 0.05) is 12.2 Å². The van der Waals surface area contributed by atoms with Gasteiger partial charge in [0.2, 0.25) is 0 Å². The number of aromatic nitrogens is 2. The van der Waals surface area contributed by atoms with Crippen molar-refractivity contribution in [3.05, 3.63) is 51.4 Å². The maximum atomic E-state index is 12.5. The summed E-state index contributed by atoms with van der Waals surface area (Å²) >= 11 is 0. The molecule has 0 aliphatic heterocycles. The second-order valence-corrected chi connectivity index (χ2v) is 4.31. The molecule has 0 amide bonds. The molecule has 0 saturated heterocycles. The van der Waals surface area contributed by atoms with Gasteiger partial charge >= 0.3 is 6.18 Å². The molecule has 7 heteroatoms. The Kier molecular flexibility index (Phi) is 3.71. The molecule has 4 nitrogen and oxygen atoms in total. The highest BCUT2D eigenvalue weighted by molar-refractivity contribution is 5.36. The first kappa shape index (κ1) is 14.4. The Morgan fingerprint density at radius 1 is 1.25 bits per heavy atom. The van der Waals surface area contributed by atoms with E-state index in [1.807, 2.05) is 6.92 Å². The van der Waals surface area contributed by atoms with Crippen molar-refractivity contribution in [2.75, 3.05) is 0 Å². The number of aromatic amines is 1. The molecule has 0 atom stereocenters. The summed E-state index contributed by atoms with van der Waals surface area (Å²) in [6, 6.07) is 4.38. The van der Waals surface area contributed by atoms with Gasteiger partial charge in [-0.3, -0.25) is 9.89 Å². The quantitative estimate of drug-likeness (QED) is 0.908. The zero-order valence-electron chi connectivity index (χ0n) is 10.8. The second-order valence-electron chi connectivity index (χ2n) is 4.31. The molecule has 0 aliphatic rings. The lowest BCUT2D eigenvalue weighted by Crippen LogP contribution is -2.19. The lowest BCUT2D eigenvalue weighted by molar-refractivity contribution is -0.137. The SMILES string of the molecule is CCc1[nH]n(-c2ccc(C(F)(F)F)cc2)c(=O)c1CN. The molecule has 1 aromatic carbocycles. The third-order valence-corrected chi connectivity index (χ3v) is 3.08. The number of nitrogens with two attached hydrogens (primary N) is 1. The van der Waals surface area contributed by atoms with E-state index >= 15 is 0 Å². The maximum absolute atomic E-state index is 12.5. The molecule has 0 radical (unpaired) electrons. The van der Waals surface area contributed by atoms with Gasteiger partial charge in [-0.1, -0.05) is 6.92 Å². The van der Waals surface area contributed by atoms with Crippen molar-refractivity contribution in [3.63, 3.8) is 0 Å². The van der Waals surface area contributed by atoms with Crippen molar-refractivity contribution in [3.8, 4) is 5.69 Å². The van der Waals surface area contributed by atoms with E-state index in [2.05, 4.69) is 5.10 Å². The molecule has 20 heavy (non-hydrogen) atoms. The molecule has 2 aromatic rings. The van der Waals surface area contributed by atoms with Crippen LogP contribution in [0.2, 0.25) is 0 Å². The van der Waals surface area contributed by atoms with E-state index in [9.17, 15) is 18.0 Å². The number of aryl methyl sites for hydroxylation is 1. The van der Waals surface area contributed by atoms with Gasteiger partial charge in [0.1, 0.15) is 0 Å². The molecule has 0 fully saturated rings. The van der Waals surface area contributed by atoms with Crippen LogP contribution in [0.3, 0.4) is 0 Å². The van der Waals surface area contributed by atoms with Crippen LogP contribution in [0.15, 0.2) is 29.1 Å². The van der Waals surface area contributed by atoms with Gasteiger partial charge in [0.05, 0.1) is 16.8 Å². The Labute approximate surface area is 113 Å². The minimum absolute atomic E-state index is 0.0894. The average molecular weight is 285 g/mol. The Hall–Kier alpha value is -2.02. The van der Waals surface area contributed by atoms with Crippen LogP contribution in [0.1, 0.15) is 23.7 Å². The Morgan fingerprint density at radius 3 is 2.25 bits per heavy atom. The molecule has 0 bridgehead atoms. The standard InChI is InChI=1S/C13H14F3N3O/c1-2-11-10(7-17)12(20)19(18-11)9-5-3-8(4-6-9)13(14,15)16/h3-6,18H,2,7,17H2,1H3. The molecule has 0 aliphatic carbocycles. The van der Waals surface area contributed by atoms with Crippen LogP contribution in [0.5, 0.6) is 0 Å². The highest BCUT2D eigenvalue weighted by Crippen LogP contribution is 2.29. The first-order valence-electron chi connectivity index (χ1n) is 6.09. The number of hydrogen-bond donors (Lipinski definition) is 2. The summed E-state index contributed by atoms with van der Waals surface area (Å²) in [5.41, 5.74) is 5.92. The van der Waals surface area contributed by atoms with Gasteiger partial charge in [-0.25, -0.2) is 4.68 Å². The zero-order chi connectivity index (χ0) is 14.9.